The molecule has 0 atom stereocenters. The summed E-state index contributed by atoms with van der Waals surface area (Å²) in [5.41, 5.74) is 1.85. The van der Waals surface area contributed by atoms with Crippen molar-refractivity contribution < 1.29 is 9.53 Å². The Morgan fingerprint density at radius 3 is 3.08 bits per heavy atom. The smallest absolute Gasteiger partial charge is 0.415 e. The Balaban J connectivity index is 2.51. The molecule has 13 heavy (non-hydrogen) atoms. The molecule has 0 bridgehead atoms. The molecule has 0 aliphatic carbocycles. The normalized spacial score (nSPS) is 15.2. The van der Waals surface area contributed by atoms with Crippen LogP contribution >= 0.6 is 0 Å². The van der Waals surface area contributed by atoms with E-state index in [9.17, 15) is 4.79 Å². The summed E-state index contributed by atoms with van der Waals surface area (Å²) in [6.07, 6.45) is -0.342. The second-order valence-electron chi connectivity index (χ2n) is 3.05. The highest BCUT2D eigenvalue weighted by atomic mass is 16.6. The van der Waals surface area contributed by atoms with Crippen molar-refractivity contribution in [1.29, 1.82) is 0 Å². The summed E-state index contributed by atoms with van der Waals surface area (Å²) in [7, 11) is 1.66. The zero-order valence-corrected chi connectivity index (χ0v) is 7.57. The van der Waals surface area contributed by atoms with Crippen LogP contribution in [-0.4, -0.2) is 18.1 Å². The predicted molar refractivity (Wildman–Crippen MR) is 47.6 cm³/mol. The van der Waals surface area contributed by atoms with E-state index >= 15 is 0 Å². The van der Waals surface area contributed by atoms with Gasteiger partial charge in [-0.05, 0) is 13.0 Å². The molecule has 68 valence electrons. The molecule has 2 heterocycles. The van der Waals surface area contributed by atoms with Crippen LogP contribution in [0, 0.1) is 6.92 Å². The number of aromatic nitrogens is 1. The Hall–Kier alpha value is -1.58. The maximum atomic E-state index is 11.1. The lowest BCUT2D eigenvalue weighted by molar-refractivity contribution is 0.143. The van der Waals surface area contributed by atoms with E-state index in [0.717, 1.165) is 11.3 Å². The number of anilines is 1. The van der Waals surface area contributed by atoms with Gasteiger partial charge in [-0.15, -0.1) is 0 Å². The highest BCUT2D eigenvalue weighted by Gasteiger charge is 2.23. The Labute approximate surface area is 76.1 Å². The molecule has 1 aliphatic rings. The number of hydrogen-bond donors (Lipinski definition) is 0. The van der Waals surface area contributed by atoms with Gasteiger partial charge in [0.15, 0.2) is 0 Å². The van der Waals surface area contributed by atoms with Crippen molar-refractivity contribution in [2.45, 2.75) is 13.5 Å². The number of fused-ring (bicyclic) bond motifs is 1. The Kier molecular flexibility index (Phi) is 1.69. The third kappa shape index (κ3) is 1.24. The minimum absolute atomic E-state index is 0.325. The van der Waals surface area contributed by atoms with Crippen LogP contribution in [0.3, 0.4) is 0 Å². The number of cyclic esters (lactones) is 1. The molecule has 0 radical (unpaired) electrons. The molecule has 0 N–H and O–H groups in total. The van der Waals surface area contributed by atoms with E-state index in [1.165, 1.54) is 4.90 Å². The maximum absolute atomic E-state index is 11.1. The monoisotopic (exact) mass is 178 g/mol. The SMILES string of the molecule is Cc1ccc2c(n1)N(C)C(=O)OC2. The Bertz CT molecular complexity index is 363. The Morgan fingerprint density at radius 1 is 1.54 bits per heavy atom. The van der Waals surface area contributed by atoms with Crippen LogP contribution in [0.15, 0.2) is 12.1 Å². The number of carbonyl (C=O) groups excluding carboxylic acids is 1. The molecule has 0 saturated carbocycles. The number of pyridine rings is 1. The summed E-state index contributed by atoms with van der Waals surface area (Å²) in [5.74, 6) is 0.705. The molecule has 4 heteroatoms. The first-order valence-electron chi connectivity index (χ1n) is 4.05. The molecule has 1 aromatic heterocycles. The second kappa shape index (κ2) is 2.73. The number of hydrogen-bond acceptors (Lipinski definition) is 3. The minimum atomic E-state index is -0.342. The van der Waals surface area contributed by atoms with Gasteiger partial charge < -0.3 is 4.74 Å². The molecule has 1 aromatic rings. The van der Waals surface area contributed by atoms with Gasteiger partial charge in [-0.3, -0.25) is 4.90 Å². The fourth-order valence-corrected chi connectivity index (χ4v) is 1.30. The third-order valence-corrected chi connectivity index (χ3v) is 2.04. The molecular formula is C9H10N2O2. The van der Waals surface area contributed by atoms with Crippen molar-refractivity contribution in [2.24, 2.45) is 0 Å². The van der Waals surface area contributed by atoms with Crippen LogP contribution in [0.25, 0.3) is 0 Å². The van der Waals surface area contributed by atoms with Crippen LogP contribution in [0.1, 0.15) is 11.3 Å². The van der Waals surface area contributed by atoms with Gasteiger partial charge >= 0.3 is 6.09 Å². The first kappa shape index (κ1) is 8.04. The van der Waals surface area contributed by atoms with Gasteiger partial charge in [0, 0.05) is 18.3 Å². The average molecular weight is 178 g/mol. The van der Waals surface area contributed by atoms with Crippen LogP contribution in [0.5, 0.6) is 0 Å². The molecular weight excluding hydrogens is 168 g/mol. The van der Waals surface area contributed by atoms with E-state index in [1.54, 1.807) is 7.05 Å². The summed E-state index contributed by atoms with van der Waals surface area (Å²) >= 11 is 0. The van der Waals surface area contributed by atoms with Gasteiger partial charge in [0.05, 0.1) is 0 Å². The number of amides is 1. The van der Waals surface area contributed by atoms with Gasteiger partial charge in [0.1, 0.15) is 12.4 Å². The molecule has 2 rings (SSSR count). The summed E-state index contributed by atoms with van der Waals surface area (Å²) in [6.45, 7) is 2.22. The predicted octanol–water partition coefficient (Wildman–Crippen LogP) is 1.48. The average Bonchev–Trinajstić information content (AvgIpc) is 2.12. The first-order valence-corrected chi connectivity index (χ1v) is 4.05. The van der Waals surface area contributed by atoms with Crippen molar-refractivity contribution in [1.82, 2.24) is 4.98 Å². The van der Waals surface area contributed by atoms with Crippen LogP contribution in [-0.2, 0) is 11.3 Å². The number of nitrogens with zero attached hydrogens (tertiary/aromatic N) is 2. The quantitative estimate of drug-likeness (QED) is 0.604. The lowest BCUT2D eigenvalue weighted by Gasteiger charge is -2.24. The van der Waals surface area contributed by atoms with Gasteiger partial charge in [0.2, 0.25) is 0 Å². The highest BCUT2D eigenvalue weighted by molar-refractivity contribution is 5.88. The summed E-state index contributed by atoms with van der Waals surface area (Å²) in [4.78, 5) is 16.8. The molecule has 4 nitrogen and oxygen atoms in total. The standard InChI is InChI=1S/C9H10N2O2/c1-6-3-4-7-5-13-9(12)11(2)8(7)10-6/h3-4H,5H2,1-2H3. The minimum Gasteiger partial charge on any atom is -0.444 e. The lowest BCUT2D eigenvalue weighted by Crippen LogP contribution is -2.32. The van der Waals surface area contributed by atoms with Gasteiger partial charge in [-0.2, -0.15) is 0 Å². The summed E-state index contributed by atoms with van der Waals surface area (Å²) in [5, 5.41) is 0. The summed E-state index contributed by atoms with van der Waals surface area (Å²) in [6, 6.07) is 3.84. The molecule has 0 aromatic carbocycles. The van der Waals surface area contributed by atoms with E-state index in [4.69, 9.17) is 4.74 Å². The molecule has 0 unspecified atom stereocenters. The second-order valence-corrected chi connectivity index (χ2v) is 3.05. The fraction of sp³-hybridized carbons (Fsp3) is 0.333. The van der Waals surface area contributed by atoms with Crippen molar-refractivity contribution in [2.75, 3.05) is 11.9 Å². The third-order valence-electron chi connectivity index (χ3n) is 2.04. The Morgan fingerprint density at radius 2 is 2.31 bits per heavy atom. The van der Waals surface area contributed by atoms with Crippen LogP contribution < -0.4 is 4.90 Å². The zero-order chi connectivity index (χ0) is 9.42. The van der Waals surface area contributed by atoms with Gasteiger partial charge in [0.25, 0.3) is 0 Å². The van der Waals surface area contributed by atoms with Crippen LogP contribution in [0.2, 0.25) is 0 Å². The summed E-state index contributed by atoms with van der Waals surface area (Å²) < 4.78 is 4.90. The van der Waals surface area contributed by atoms with Crippen molar-refractivity contribution in [3.8, 4) is 0 Å². The van der Waals surface area contributed by atoms with E-state index in [-0.39, 0.29) is 6.09 Å². The first-order chi connectivity index (χ1) is 6.18. The number of aryl methyl sites for hydroxylation is 1. The lowest BCUT2D eigenvalue weighted by atomic mass is 10.2. The number of ether oxygens (including phenoxy) is 1. The van der Waals surface area contributed by atoms with E-state index < -0.39 is 0 Å². The molecule has 1 amide bonds. The zero-order valence-electron chi connectivity index (χ0n) is 7.57. The molecule has 0 fully saturated rings. The van der Waals surface area contributed by atoms with Crippen molar-refractivity contribution >= 4 is 11.9 Å². The molecule has 0 saturated heterocycles. The van der Waals surface area contributed by atoms with Crippen molar-refractivity contribution in [3.05, 3.63) is 23.4 Å². The van der Waals surface area contributed by atoms with Gasteiger partial charge in [-0.1, -0.05) is 6.07 Å². The maximum Gasteiger partial charge on any atom is 0.415 e. The number of carbonyl (C=O) groups is 1. The largest absolute Gasteiger partial charge is 0.444 e. The molecule has 1 aliphatic heterocycles. The van der Waals surface area contributed by atoms with E-state index in [2.05, 4.69) is 4.98 Å². The van der Waals surface area contributed by atoms with E-state index in [1.807, 2.05) is 19.1 Å². The van der Waals surface area contributed by atoms with E-state index in [0.29, 0.717) is 12.4 Å². The van der Waals surface area contributed by atoms with Crippen molar-refractivity contribution in [3.63, 3.8) is 0 Å². The number of rotatable bonds is 0. The fourth-order valence-electron chi connectivity index (χ4n) is 1.30. The van der Waals surface area contributed by atoms with Crippen LogP contribution in [0.4, 0.5) is 10.6 Å². The van der Waals surface area contributed by atoms with Gasteiger partial charge in [-0.25, -0.2) is 9.78 Å². The topological polar surface area (TPSA) is 42.4 Å². The molecule has 0 spiro atoms. The highest BCUT2D eigenvalue weighted by Crippen LogP contribution is 2.23.